The molecule has 0 saturated carbocycles. The molecule has 0 aliphatic rings. The van der Waals surface area contributed by atoms with Crippen molar-refractivity contribution in [1.82, 2.24) is 5.32 Å². The topological polar surface area (TPSA) is 75.6 Å². The Bertz CT molecular complexity index is 705. The number of carboxylic acids is 1. The fourth-order valence-electron chi connectivity index (χ4n) is 2.18. The second-order valence-corrected chi connectivity index (χ2v) is 6.30. The van der Waals surface area contributed by atoms with E-state index in [2.05, 4.69) is 19.2 Å². The summed E-state index contributed by atoms with van der Waals surface area (Å²) in [5, 5.41) is 11.7. The van der Waals surface area contributed by atoms with Crippen LogP contribution in [-0.4, -0.2) is 23.6 Å². The first-order chi connectivity index (χ1) is 11.9. The highest BCUT2D eigenvalue weighted by Crippen LogP contribution is 2.13. The third kappa shape index (κ3) is 6.30. The molecular weight excluding hydrogens is 318 g/mol. The van der Waals surface area contributed by atoms with E-state index in [9.17, 15) is 9.59 Å². The average molecular weight is 341 g/mol. The van der Waals surface area contributed by atoms with Gasteiger partial charge in [-0.1, -0.05) is 38.1 Å². The van der Waals surface area contributed by atoms with Gasteiger partial charge in [-0.15, -0.1) is 0 Å². The van der Waals surface area contributed by atoms with Crippen LogP contribution in [0.3, 0.4) is 0 Å². The third-order valence-corrected chi connectivity index (χ3v) is 3.56. The van der Waals surface area contributed by atoms with E-state index >= 15 is 0 Å². The first-order valence-corrected chi connectivity index (χ1v) is 8.24. The molecule has 0 aliphatic heterocycles. The van der Waals surface area contributed by atoms with Gasteiger partial charge >= 0.3 is 5.97 Å². The standard InChI is InChI=1S/C20H23NO4/c1-14(2)13-25-18-9-5-15(6-10-18)11-19(22)21-12-16-3-7-17(8-4-16)20(23)24/h3-10,14H,11-13H2,1-2H3,(H,21,22)(H,23,24). The first kappa shape index (κ1) is 18.5. The molecule has 0 heterocycles. The molecule has 2 aromatic rings. The molecule has 2 N–H and O–H groups in total. The summed E-state index contributed by atoms with van der Waals surface area (Å²) in [6, 6.07) is 14.0. The Morgan fingerprint density at radius 1 is 1.00 bits per heavy atom. The number of nitrogens with one attached hydrogen (secondary N) is 1. The van der Waals surface area contributed by atoms with Gasteiger partial charge in [0, 0.05) is 6.54 Å². The monoisotopic (exact) mass is 341 g/mol. The van der Waals surface area contributed by atoms with Gasteiger partial charge in [0.25, 0.3) is 0 Å². The molecule has 0 unspecified atom stereocenters. The van der Waals surface area contributed by atoms with E-state index in [1.54, 1.807) is 12.1 Å². The van der Waals surface area contributed by atoms with Crippen molar-refractivity contribution in [2.45, 2.75) is 26.8 Å². The molecule has 0 spiro atoms. The van der Waals surface area contributed by atoms with Gasteiger partial charge < -0.3 is 15.2 Å². The predicted molar refractivity (Wildman–Crippen MR) is 95.7 cm³/mol. The van der Waals surface area contributed by atoms with Crippen molar-refractivity contribution in [3.8, 4) is 5.75 Å². The van der Waals surface area contributed by atoms with Crippen LogP contribution in [0.4, 0.5) is 0 Å². The summed E-state index contributed by atoms with van der Waals surface area (Å²) in [7, 11) is 0. The van der Waals surface area contributed by atoms with Crippen LogP contribution in [0.1, 0.15) is 35.3 Å². The molecule has 0 saturated heterocycles. The number of rotatable bonds is 8. The van der Waals surface area contributed by atoms with Crippen LogP contribution >= 0.6 is 0 Å². The van der Waals surface area contributed by atoms with Gasteiger partial charge in [0.05, 0.1) is 18.6 Å². The van der Waals surface area contributed by atoms with E-state index in [1.807, 2.05) is 24.3 Å². The van der Waals surface area contributed by atoms with Gasteiger partial charge in [-0.05, 0) is 41.3 Å². The Morgan fingerprint density at radius 3 is 2.16 bits per heavy atom. The molecule has 25 heavy (non-hydrogen) atoms. The molecule has 2 rings (SSSR count). The van der Waals surface area contributed by atoms with Crippen LogP contribution in [-0.2, 0) is 17.8 Å². The molecular formula is C20H23NO4. The fourth-order valence-corrected chi connectivity index (χ4v) is 2.18. The van der Waals surface area contributed by atoms with E-state index in [0.29, 0.717) is 19.1 Å². The van der Waals surface area contributed by atoms with Gasteiger partial charge in [-0.25, -0.2) is 4.79 Å². The van der Waals surface area contributed by atoms with E-state index < -0.39 is 5.97 Å². The number of carbonyl (C=O) groups excluding carboxylic acids is 1. The van der Waals surface area contributed by atoms with Gasteiger partial charge in [0.2, 0.25) is 5.91 Å². The van der Waals surface area contributed by atoms with Crippen LogP contribution in [0.2, 0.25) is 0 Å². The van der Waals surface area contributed by atoms with Crippen molar-refractivity contribution in [3.05, 3.63) is 65.2 Å². The van der Waals surface area contributed by atoms with Crippen LogP contribution in [0, 0.1) is 5.92 Å². The number of ether oxygens (including phenoxy) is 1. The maximum absolute atomic E-state index is 12.0. The lowest BCUT2D eigenvalue weighted by atomic mass is 10.1. The number of amides is 1. The summed E-state index contributed by atoms with van der Waals surface area (Å²) in [6.07, 6.45) is 0.289. The van der Waals surface area contributed by atoms with Crippen molar-refractivity contribution in [3.63, 3.8) is 0 Å². The summed E-state index contributed by atoms with van der Waals surface area (Å²) in [4.78, 5) is 22.8. The molecule has 0 aromatic heterocycles. The number of carbonyl (C=O) groups is 2. The summed E-state index contributed by atoms with van der Waals surface area (Å²) in [5.41, 5.74) is 2.00. The second-order valence-electron chi connectivity index (χ2n) is 6.30. The molecule has 132 valence electrons. The number of hydrogen-bond acceptors (Lipinski definition) is 3. The number of aromatic carboxylic acids is 1. The van der Waals surface area contributed by atoms with Gasteiger partial charge in [-0.3, -0.25) is 4.79 Å². The molecule has 5 heteroatoms. The van der Waals surface area contributed by atoms with E-state index in [1.165, 1.54) is 12.1 Å². The van der Waals surface area contributed by atoms with Gasteiger partial charge in [0.15, 0.2) is 0 Å². The van der Waals surface area contributed by atoms with Crippen LogP contribution in [0.15, 0.2) is 48.5 Å². The minimum atomic E-state index is -0.962. The minimum absolute atomic E-state index is 0.0850. The third-order valence-electron chi connectivity index (χ3n) is 3.56. The Balaban J connectivity index is 1.80. The smallest absolute Gasteiger partial charge is 0.335 e. The number of benzene rings is 2. The molecule has 1 amide bonds. The van der Waals surface area contributed by atoms with Gasteiger partial charge in [-0.2, -0.15) is 0 Å². The Labute approximate surface area is 147 Å². The normalized spacial score (nSPS) is 10.5. The van der Waals surface area contributed by atoms with Crippen molar-refractivity contribution in [2.75, 3.05) is 6.61 Å². The Kier molecular flexibility index (Phi) is 6.57. The van der Waals surface area contributed by atoms with Crippen LogP contribution in [0.25, 0.3) is 0 Å². The highest BCUT2D eigenvalue weighted by atomic mass is 16.5. The van der Waals surface area contributed by atoms with Crippen molar-refractivity contribution >= 4 is 11.9 Å². The quantitative estimate of drug-likeness (QED) is 0.772. The molecule has 0 atom stereocenters. The van der Waals surface area contributed by atoms with E-state index in [-0.39, 0.29) is 17.9 Å². The number of carboxylic acid groups (broad SMARTS) is 1. The van der Waals surface area contributed by atoms with Crippen molar-refractivity contribution < 1.29 is 19.4 Å². The lowest BCUT2D eigenvalue weighted by molar-refractivity contribution is -0.120. The lowest BCUT2D eigenvalue weighted by Gasteiger charge is -2.09. The molecule has 0 aliphatic carbocycles. The zero-order chi connectivity index (χ0) is 18.2. The highest BCUT2D eigenvalue weighted by Gasteiger charge is 2.06. The second kappa shape index (κ2) is 8.87. The lowest BCUT2D eigenvalue weighted by Crippen LogP contribution is -2.24. The first-order valence-electron chi connectivity index (χ1n) is 8.24. The summed E-state index contributed by atoms with van der Waals surface area (Å²) in [5.74, 6) is 0.223. The largest absolute Gasteiger partial charge is 0.493 e. The number of hydrogen-bond donors (Lipinski definition) is 2. The van der Waals surface area contributed by atoms with Crippen molar-refractivity contribution in [2.24, 2.45) is 5.92 Å². The Morgan fingerprint density at radius 2 is 1.60 bits per heavy atom. The highest BCUT2D eigenvalue weighted by molar-refractivity contribution is 5.87. The van der Waals surface area contributed by atoms with E-state index in [0.717, 1.165) is 16.9 Å². The minimum Gasteiger partial charge on any atom is -0.493 e. The summed E-state index contributed by atoms with van der Waals surface area (Å²) in [6.45, 7) is 5.22. The zero-order valence-corrected chi connectivity index (χ0v) is 14.5. The van der Waals surface area contributed by atoms with Crippen LogP contribution < -0.4 is 10.1 Å². The average Bonchev–Trinajstić information content (AvgIpc) is 2.59. The van der Waals surface area contributed by atoms with Crippen LogP contribution in [0.5, 0.6) is 5.75 Å². The van der Waals surface area contributed by atoms with E-state index in [4.69, 9.17) is 9.84 Å². The molecule has 2 aromatic carbocycles. The maximum Gasteiger partial charge on any atom is 0.335 e. The maximum atomic E-state index is 12.0. The molecule has 5 nitrogen and oxygen atoms in total. The SMILES string of the molecule is CC(C)COc1ccc(CC(=O)NCc2ccc(C(=O)O)cc2)cc1. The zero-order valence-electron chi connectivity index (χ0n) is 14.5. The fraction of sp³-hybridized carbons (Fsp3) is 0.300. The summed E-state index contributed by atoms with van der Waals surface area (Å²) < 4.78 is 5.62. The predicted octanol–water partition coefficient (Wildman–Crippen LogP) is 3.28. The molecule has 0 bridgehead atoms. The molecule has 0 fully saturated rings. The Hall–Kier alpha value is -2.82. The van der Waals surface area contributed by atoms with Gasteiger partial charge in [0.1, 0.15) is 5.75 Å². The summed E-state index contributed by atoms with van der Waals surface area (Å²) >= 11 is 0. The van der Waals surface area contributed by atoms with Crippen molar-refractivity contribution in [1.29, 1.82) is 0 Å². The molecule has 0 radical (unpaired) electrons.